The van der Waals surface area contributed by atoms with Gasteiger partial charge < -0.3 is 10.6 Å². The van der Waals surface area contributed by atoms with Crippen molar-refractivity contribution in [2.24, 2.45) is 0 Å². The molecule has 0 saturated carbocycles. The van der Waals surface area contributed by atoms with E-state index in [2.05, 4.69) is 26.7 Å². The van der Waals surface area contributed by atoms with E-state index in [-0.39, 0.29) is 11.5 Å². The van der Waals surface area contributed by atoms with Crippen molar-refractivity contribution >= 4 is 23.0 Å². The van der Waals surface area contributed by atoms with Gasteiger partial charge in [-0.3, -0.25) is 0 Å². The number of rotatable bonds is 4. The molecule has 2 aromatic carbocycles. The summed E-state index contributed by atoms with van der Waals surface area (Å²) in [6.45, 7) is 0. The molecule has 0 aliphatic heterocycles. The number of hydrogen-bond acceptors (Lipinski definition) is 5. The quantitative estimate of drug-likeness (QED) is 0.756. The standard InChI is InChI=1S/C17H11F2N5/c18-12-5-3-6-13(19)17(12)24-16-8-15(21-10-22-16)23-14-7-2-1-4-11(14)9-20/h1-8,10H,(H2,21,22,23,24). The number of benzene rings is 2. The first-order valence-electron chi connectivity index (χ1n) is 6.96. The Balaban J connectivity index is 1.86. The van der Waals surface area contributed by atoms with E-state index >= 15 is 0 Å². The zero-order valence-electron chi connectivity index (χ0n) is 12.3. The van der Waals surface area contributed by atoms with Crippen molar-refractivity contribution in [3.05, 3.63) is 72.1 Å². The van der Waals surface area contributed by atoms with Crippen LogP contribution in [0.15, 0.2) is 54.9 Å². The summed E-state index contributed by atoms with van der Waals surface area (Å²) in [5.74, 6) is -0.853. The fourth-order valence-electron chi connectivity index (χ4n) is 2.07. The van der Waals surface area contributed by atoms with Gasteiger partial charge in [-0.1, -0.05) is 18.2 Å². The van der Waals surface area contributed by atoms with Crippen molar-refractivity contribution in [2.45, 2.75) is 0 Å². The second kappa shape index (κ2) is 6.71. The Morgan fingerprint density at radius 1 is 0.875 bits per heavy atom. The average Bonchev–Trinajstić information content (AvgIpc) is 2.59. The van der Waals surface area contributed by atoms with Gasteiger partial charge in [-0.2, -0.15) is 5.26 Å². The number of nitrogens with zero attached hydrogens (tertiary/aromatic N) is 3. The van der Waals surface area contributed by atoms with Crippen molar-refractivity contribution in [1.29, 1.82) is 5.26 Å². The Hall–Kier alpha value is -3.53. The Kier molecular flexibility index (Phi) is 4.29. The Morgan fingerprint density at radius 3 is 2.25 bits per heavy atom. The van der Waals surface area contributed by atoms with Gasteiger partial charge in [0.2, 0.25) is 0 Å². The van der Waals surface area contributed by atoms with Gasteiger partial charge in [-0.05, 0) is 24.3 Å². The molecule has 0 unspecified atom stereocenters. The van der Waals surface area contributed by atoms with Crippen LogP contribution in [0.3, 0.4) is 0 Å². The normalized spacial score (nSPS) is 10.0. The van der Waals surface area contributed by atoms with Crippen LogP contribution < -0.4 is 10.6 Å². The molecule has 118 valence electrons. The minimum Gasteiger partial charge on any atom is -0.339 e. The van der Waals surface area contributed by atoms with E-state index in [9.17, 15) is 8.78 Å². The molecule has 0 saturated heterocycles. The highest BCUT2D eigenvalue weighted by Gasteiger charge is 2.10. The maximum Gasteiger partial charge on any atom is 0.149 e. The number of nitriles is 1. The SMILES string of the molecule is N#Cc1ccccc1Nc1cc(Nc2c(F)cccc2F)ncn1. The van der Waals surface area contributed by atoms with Crippen molar-refractivity contribution in [1.82, 2.24) is 9.97 Å². The van der Waals surface area contributed by atoms with Gasteiger partial charge in [0.05, 0.1) is 11.3 Å². The molecule has 1 aromatic heterocycles. The molecular formula is C17H11F2N5. The molecule has 3 aromatic rings. The van der Waals surface area contributed by atoms with Crippen LogP contribution in [0, 0.1) is 23.0 Å². The van der Waals surface area contributed by atoms with Crippen LogP contribution in [0.4, 0.5) is 31.8 Å². The number of para-hydroxylation sites is 2. The van der Waals surface area contributed by atoms with E-state index in [1.807, 2.05) is 0 Å². The molecule has 7 heteroatoms. The van der Waals surface area contributed by atoms with Crippen LogP contribution in [0.5, 0.6) is 0 Å². The molecule has 0 aliphatic rings. The molecule has 0 amide bonds. The lowest BCUT2D eigenvalue weighted by Crippen LogP contribution is -2.02. The number of halogens is 2. The summed E-state index contributed by atoms with van der Waals surface area (Å²) in [6, 6.07) is 14.0. The lowest BCUT2D eigenvalue weighted by molar-refractivity contribution is 0.590. The average molecular weight is 323 g/mol. The van der Waals surface area contributed by atoms with E-state index in [0.717, 1.165) is 12.1 Å². The third-order valence-corrected chi connectivity index (χ3v) is 3.19. The van der Waals surface area contributed by atoms with Gasteiger partial charge in [0.25, 0.3) is 0 Å². The first-order chi connectivity index (χ1) is 11.7. The minimum atomic E-state index is -0.724. The van der Waals surface area contributed by atoms with E-state index < -0.39 is 11.6 Å². The van der Waals surface area contributed by atoms with E-state index in [1.165, 1.54) is 18.5 Å². The lowest BCUT2D eigenvalue weighted by Gasteiger charge is -2.10. The second-order valence-electron chi connectivity index (χ2n) is 4.79. The molecule has 0 bridgehead atoms. The number of anilines is 4. The topological polar surface area (TPSA) is 73.6 Å². The first-order valence-corrected chi connectivity index (χ1v) is 6.96. The van der Waals surface area contributed by atoms with Crippen molar-refractivity contribution in [3.8, 4) is 6.07 Å². The minimum absolute atomic E-state index is 0.214. The van der Waals surface area contributed by atoms with Gasteiger partial charge in [-0.15, -0.1) is 0 Å². The van der Waals surface area contributed by atoms with Gasteiger partial charge >= 0.3 is 0 Å². The van der Waals surface area contributed by atoms with E-state index in [4.69, 9.17) is 5.26 Å². The molecular weight excluding hydrogens is 312 g/mol. The van der Waals surface area contributed by atoms with Gasteiger partial charge in [0.1, 0.15) is 41.4 Å². The Morgan fingerprint density at radius 2 is 1.54 bits per heavy atom. The second-order valence-corrected chi connectivity index (χ2v) is 4.79. The molecule has 0 fully saturated rings. The molecule has 0 radical (unpaired) electrons. The van der Waals surface area contributed by atoms with E-state index in [0.29, 0.717) is 17.1 Å². The van der Waals surface area contributed by atoms with E-state index in [1.54, 1.807) is 24.3 Å². The summed E-state index contributed by atoms with van der Waals surface area (Å²) in [5.41, 5.74) is 0.729. The monoisotopic (exact) mass is 323 g/mol. The lowest BCUT2D eigenvalue weighted by atomic mass is 10.2. The van der Waals surface area contributed by atoms with Crippen LogP contribution in [-0.4, -0.2) is 9.97 Å². The smallest absolute Gasteiger partial charge is 0.149 e. The van der Waals surface area contributed by atoms with Gasteiger partial charge in [0, 0.05) is 6.07 Å². The fourth-order valence-corrected chi connectivity index (χ4v) is 2.07. The maximum atomic E-state index is 13.7. The third-order valence-electron chi connectivity index (χ3n) is 3.19. The highest BCUT2D eigenvalue weighted by atomic mass is 19.1. The van der Waals surface area contributed by atoms with Crippen LogP contribution >= 0.6 is 0 Å². The predicted molar refractivity (Wildman–Crippen MR) is 86.1 cm³/mol. The summed E-state index contributed by atoms with van der Waals surface area (Å²) < 4.78 is 27.4. The number of nitrogens with one attached hydrogen (secondary N) is 2. The Bertz CT molecular complexity index is 901. The van der Waals surface area contributed by atoms with Crippen molar-refractivity contribution < 1.29 is 8.78 Å². The van der Waals surface area contributed by atoms with Crippen LogP contribution in [-0.2, 0) is 0 Å². The summed E-state index contributed by atoms with van der Waals surface area (Å²) >= 11 is 0. The van der Waals surface area contributed by atoms with Gasteiger partial charge in [0.15, 0.2) is 0 Å². The first kappa shape index (κ1) is 15.4. The third kappa shape index (κ3) is 3.28. The molecule has 1 heterocycles. The fraction of sp³-hybridized carbons (Fsp3) is 0. The van der Waals surface area contributed by atoms with Crippen LogP contribution in [0.1, 0.15) is 5.56 Å². The zero-order valence-corrected chi connectivity index (χ0v) is 12.3. The summed E-state index contributed by atoms with van der Waals surface area (Å²) in [6.07, 6.45) is 1.25. The number of aromatic nitrogens is 2. The molecule has 0 spiro atoms. The molecule has 2 N–H and O–H groups in total. The van der Waals surface area contributed by atoms with Crippen molar-refractivity contribution in [3.63, 3.8) is 0 Å². The van der Waals surface area contributed by atoms with Crippen LogP contribution in [0.2, 0.25) is 0 Å². The highest BCUT2D eigenvalue weighted by Crippen LogP contribution is 2.24. The molecule has 5 nitrogen and oxygen atoms in total. The molecule has 0 aliphatic carbocycles. The summed E-state index contributed by atoms with van der Waals surface area (Å²) in [4.78, 5) is 7.98. The maximum absolute atomic E-state index is 13.7. The summed E-state index contributed by atoms with van der Waals surface area (Å²) in [5, 5.41) is 14.7. The molecule has 24 heavy (non-hydrogen) atoms. The number of hydrogen-bond donors (Lipinski definition) is 2. The van der Waals surface area contributed by atoms with Crippen molar-refractivity contribution in [2.75, 3.05) is 10.6 Å². The molecule has 3 rings (SSSR count). The molecule has 0 atom stereocenters. The predicted octanol–water partition coefficient (Wildman–Crippen LogP) is 4.11. The van der Waals surface area contributed by atoms with Gasteiger partial charge in [-0.25, -0.2) is 18.7 Å². The zero-order chi connectivity index (χ0) is 16.9. The largest absolute Gasteiger partial charge is 0.339 e. The highest BCUT2D eigenvalue weighted by molar-refractivity contribution is 5.67. The Labute approximate surface area is 136 Å². The summed E-state index contributed by atoms with van der Waals surface area (Å²) in [7, 11) is 0. The van der Waals surface area contributed by atoms with Crippen LogP contribution in [0.25, 0.3) is 0 Å².